The molecule has 0 saturated carbocycles. The second-order valence-electron chi connectivity index (χ2n) is 8.05. The second-order valence-corrected chi connectivity index (χ2v) is 8.78. The average Bonchev–Trinajstić information content (AvgIpc) is 3.28. The van der Waals surface area contributed by atoms with Crippen LogP contribution in [0.4, 0.5) is 5.13 Å². The number of anilines is 1. The molecule has 2 aromatic carbocycles. The lowest BCUT2D eigenvalue weighted by Gasteiger charge is -2.32. The number of carbonyl (C=O) groups excluding carboxylic acids is 2. The maximum atomic E-state index is 13.1. The predicted molar refractivity (Wildman–Crippen MR) is 125 cm³/mol. The summed E-state index contributed by atoms with van der Waals surface area (Å²) < 4.78 is 4.54. The number of piperidine rings is 1. The fraction of sp³-hybridized carbons (Fsp3) is 0.333. The molecule has 1 saturated heterocycles. The number of rotatable bonds is 8. The molecule has 0 bridgehead atoms. The lowest BCUT2D eigenvalue weighted by molar-refractivity contribution is -0.133. The summed E-state index contributed by atoms with van der Waals surface area (Å²) in [6.45, 7) is 1.91. The molecule has 2 heterocycles. The van der Waals surface area contributed by atoms with Crippen LogP contribution in [0.2, 0.25) is 0 Å². The number of aromatic nitrogens is 2. The molecule has 3 aromatic rings. The van der Waals surface area contributed by atoms with Gasteiger partial charge >= 0.3 is 0 Å². The molecular weight excluding hydrogens is 422 g/mol. The fourth-order valence-corrected chi connectivity index (χ4v) is 4.58. The molecule has 0 unspecified atom stereocenters. The molecule has 32 heavy (non-hydrogen) atoms. The van der Waals surface area contributed by atoms with Gasteiger partial charge in [0, 0.05) is 43.5 Å². The standard InChI is InChI=1S/C24H27N5O2S/c25-23(31)20-11-13-28(14-12-20)22(30)17-29(16-19-9-5-2-6-10-19)24-26-21(27-32-24)15-18-7-3-1-4-8-18/h1-10,20H,11-17H2,(H2,25,31). The van der Waals surface area contributed by atoms with Gasteiger partial charge in [-0.05, 0) is 24.0 Å². The van der Waals surface area contributed by atoms with Gasteiger partial charge in [0.25, 0.3) is 0 Å². The number of likely N-dealkylation sites (tertiary alicyclic amines) is 1. The third kappa shape index (κ3) is 5.70. The summed E-state index contributed by atoms with van der Waals surface area (Å²) in [5.41, 5.74) is 7.68. The van der Waals surface area contributed by atoms with Crippen LogP contribution in [-0.4, -0.2) is 45.7 Å². The van der Waals surface area contributed by atoms with Crippen LogP contribution in [0.15, 0.2) is 60.7 Å². The molecule has 4 rings (SSSR count). The Labute approximate surface area is 192 Å². The third-order valence-electron chi connectivity index (χ3n) is 5.73. The maximum absolute atomic E-state index is 13.1. The normalized spacial score (nSPS) is 14.3. The van der Waals surface area contributed by atoms with Crippen LogP contribution in [0.5, 0.6) is 0 Å². The lowest BCUT2D eigenvalue weighted by Crippen LogP contribution is -2.45. The van der Waals surface area contributed by atoms with Crippen LogP contribution in [0.1, 0.15) is 29.8 Å². The minimum absolute atomic E-state index is 0.0312. The molecule has 2 N–H and O–H groups in total. The van der Waals surface area contributed by atoms with Crippen LogP contribution >= 0.6 is 11.5 Å². The second kappa shape index (κ2) is 10.4. The summed E-state index contributed by atoms with van der Waals surface area (Å²) in [7, 11) is 0. The third-order valence-corrected chi connectivity index (χ3v) is 6.54. The summed E-state index contributed by atoms with van der Waals surface area (Å²) in [6.07, 6.45) is 1.91. The van der Waals surface area contributed by atoms with Crippen LogP contribution in [0.25, 0.3) is 0 Å². The van der Waals surface area contributed by atoms with Crippen molar-refractivity contribution in [1.29, 1.82) is 0 Å². The fourth-order valence-electron chi connectivity index (χ4n) is 3.90. The Morgan fingerprint density at radius 3 is 2.25 bits per heavy atom. The molecule has 1 fully saturated rings. The van der Waals surface area contributed by atoms with Gasteiger partial charge in [0.05, 0.1) is 6.54 Å². The molecule has 0 radical (unpaired) electrons. The highest BCUT2D eigenvalue weighted by Gasteiger charge is 2.27. The number of nitrogens with zero attached hydrogens (tertiary/aromatic N) is 4. The van der Waals surface area contributed by atoms with Gasteiger partial charge in [0.2, 0.25) is 16.9 Å². The molecule has 7 nitrogen and oxygen atoms in total. The highest BCUT2D eigenvalue weighted by Crippen LogP contribution is 2.23. The van der Waals surface area contributed by atoms with Crippen molar-refractivity contribution in [2.24, 2.45) is 11.7 Å². The highest BCUT2D eigenvalue weighted by atomic mass is 32.1. The van der Waals surface area contributed by atoms with Crippen LogP contribution in [0.3, 0.4) is 0 Å². The van der Waals surface area contributed by atoms with Gasteiger partial charge in [0.1, 0.15) is 5.82 Å². The van der Waals surface area contributed by atoms with Gasteiger partial charge in [0.15, 0.2) is 0 Å². The first-order valence-corrected chi connectivity index (χ1v) is 11.6. The van der Waals surface area contributed by atoms with Crippen LogP contribution in [0, 0.1) is 5.92 Å². The van der Waals surface area contributed by atoms with Crippen molar-refractivity contribution in [1.82, 2.24) is 14.3 Å². The Morgan fingerprint density at radius 2 is 1.62 bits per heavy atom. The molecule has 0 spiro atoms. The van der Waals surface area contributed by atoms with E-state index in [9.17, 15) is 9.59 Å². The molecule has 166 valence electrons. The van der Waals surface area contributed by atoms with E-state index in [-0.39, 0.29) is 24.3 Å². The quantitative estimate of drug-likeness (QED) is 0.571. The van der Waals surface area contributed by atoms with Crippen molar-refractivity contribution in [3.63, 3.8) is 0 Å². The highest BCUT2D eigenvalue weighted by molar-refractivity contribution is 7.09. The zero-order valence-electron chi connectivity index (χ0n) is 17.9. The first-order chi connectivity index (χ1) is 15.6. The van der Waals surface area contributed by atoms with E-state index in [4.69, 9.17) is 10.7 Å². The Hall–Kier alpha value is -3.26. The van der Waals surface area contributed by atoms with Gasteiger partial charge in [-0.15, -0.1) is 0 Å². The van der Waals surface area contributed by atoms with E-state index >= 15 is 0 Å². The number of benzene rings is 2. The minimum Gasteiger partial charge on any atom is -0.369 e. The Kier molecular flexibility index (Phi) is 7.11. The van der Waals surface area contributed by atoms with Crippen molar-refractivity contribution < 1.29 is 9.59 Å². The van der Waals surface area contributed by atoms with Crippen molar-refractivity contribution >= 4 is 28.5 Å². The van der Waals surface area contributed by atoms with Crippen molar-refractivity contribution in [3.8, 4) is 0 Å². The van der Waals surface area contributed by atoms with Crippen molar-refractivity contribution in [2.75, 3.05) is 24.5 Å². The molecule has 1 aliphatic rings. The summed E-state index contributed by atoms with van der Waals surface area (Å²) in [5, 5.41) is 0.736. The first-order valence-electron chi connectivity index (χ1n) is 10.8. The topological polar surface area (TPSA) is 92.4 Å². The Morgan fingerprint density at radius 1 is 1.00 bits per heavy atom. The molecular formula is C24H27N5O2S. The van der Waals surface area contributed by atoms with Gasteiger partial charge in [-0.2, -0.15) is 4.37 Å². The molecule has 0 aliphatic carbocycles. The van der Waals surface area contributed by atoms with E-state index in [2.05, 4.69) is 16.5 Å². The zero-order valence-corrected chi connectivity index (χ0v) is 18.7. The van der Waals surface area contributed by atoms with E-state index in [1.54, 1.807) is 0 Å². The van der Waals surface area contributed by atoms with Gasteiger partial charge in [-0.25, -0.2) is 4.98 Å². The largest absolute Gasteiger partial charge is 0.369 e. The number of primary amides is 1. The van der Waals surface area contributed by atoms with Gasteiger partial charge in [-0.3, -0.25) is 9.59 Å². The van der Waals surface area contributed by atoms with E-state index in [0.29, 0.717) is 38.9 Å². The van der Waals surface area contributed by atoms with E-state index in [0.717, 1.165) is 22.1 Å². The molecule has 0 atom stereocenters. The first kappa shape index (κ1) is 22.0. The maximum Gasteiger partial charge on any atom is 0.242 e. The Bertz CT molecular complexity index is 1030. The number of carbonyl (C=O) groups is 2. The number of amides is 2. The summed E-state index contributed by atoms with van der Waals surface area (Å²) in [5.74, 6) is 0.374. The number of hydrogen-bond acceptors (Lipinski definition) is 6. The van der Waals surface area contributed by atoms with Crippen molar-refractivity contribution in [2.45, 2.75) is 25.8 Å². The molecule has 2 amide bonds. The van der Waals surface area contributed by atoms with E-state index < -0.39 is 0 Å². The van der Waals surface area contributed by atoms with Crippen LogP contribution in [-0.2, 0) is 22.6 Å². The summed E-state index contributed by atoms with van der Waals surface area (Å²) >= 11 is 1.32. The predicted octanol–water partition coefficient (Wildman–Crippen LogP) is 2.86. The SMILES string of the molecule is NC(=O)C1CCN(C(=O)CN(Cc2ccccc2)c2nc(Cc3ccccc3)ns2)CC1. The van der Waals surface area contributed by atoms with Gasteiger partial charge < -0.3 is 15.5 Å². The monoisotopic (exact) mass is 449 g/mol. The number of nitrogens with two attached hydrogens (primary N) is 1. The summed E-state index contributed by atoms with van der Waals surface area (Å²) in [6, 6.07) is 20.2. The molecule has 8 heteroatoms. The number of hydrogen-bond donors (Lipinski definition) is 1. The summed E-state index contributed by atoms with van der Waals surface area (Å²) in [4.78, 5) is 33.0. The molecule has 1 aromatic heterocycles. The Balaban J connectivity index is 1.47. The average molecular weight is 450 g/mol. The van der Waals surface area contributed by atoms with Gasteiger partial charge in [-0.1, -0.05) is 60.7 Å². The zero-order chi connectivity index (χ0) is 22.3. The minimum atomic E-state index is -0.275. The smallest absolute Gasteiger partial charge is 0.242 e. The van der Waals surface area contributed by atoms with E-state index in [1.807, 2.05) is 58.3 Å². The van der Waals surface area contributed by atoms with Crippen molar-refractivity contribution in [3.05, 3.63) is 77.6 Å². The lowest BCUT2D eigenvalue weighted by atomic mass is 9.96. The molecule has 1 aliphatic heterocycles. The van der Waals surface area contributed by atoms with E-state index in [1.165, 1.54) is 11.5 Å². The van der Waals surface area contributed by atoms with Crippen LogP contribution < -0.4 is 10.6 Å².